The fourth-order valence-corrected chi connectivity index (χ4v) is 3.17. The van der Waals surface area contributed by atoms with E-state index in [4.69, 9.17) is 22.1 Å². The van der Waals surface area contributed by atoms with Gasteiger partial charge in [-0.2, -0.15) is 13.2 Å². The molecule has 2 aromatic rings. The normalized spacial score (nSPS) is 16.3. The largest absolute Gasteiger partial charge is 0.484 e. The van der Waals surface area contributed by atoms with Crippen molar-refractivity contribution in [3.05, 3.63) is 53.1 Å². The van der Waals surface area contributed by atoms with E-state index in [-0.39, 0.29) is 29.6 Å². The predicted molar refractivity (Wildman–Crippen MR) is 107 cm³/mol. The van der Waals surface area contributed by atoms with Gasteiger partial charge in [-0.1, -0.05) is 11.6 Å². The highest BCUT2D eigenvalue weighted by molar-refractivity contribution is 6.33. The minimum atomic E-state index is -4.57. The van der Waals surface area contributed by atoms with Gasteiger partial charge in [0.1, 0.15) is 5.75 Å². The maximum atomic E-state index is 12.8. The van der Waals surface area contributed by atoms with Crippen molar-refractivity contribution in [1.82, 2.24) is 0 Å². The van der Waals surface area contributed by atoms with E-state index < -0.39 is 36.1 Å². The fourth-order valence-electron chi connectivity index (χ4n) is 3.00. The molecule has 31 heavy (non-hydrogen) atoms. The first-order valence-electron chi connectivity index (χ1n) is 9.03. The van der Waals surface area contributed by atoms with Gasteiger partial charge in [0.25, 0.3) is 5.91 Å². The molecule has 2 aromatic carbocycles. The van der Waals surface area contributed by atoms with Gasteiger partial charge in [-0.3, -0.25) is 14.4 Å². The van der Waals surface area contributed by atoms with Gasteiger partial charge >= 0.3 is 6.18 Å². The van der Waals surface area contributed by atoms with Crippen molar-refractivity contribution in [2.75, 3.05) is 23.4 Å². The molecule has 0 spiro atoms. The predicted octanol–water partition coefficient (Wildman–Crippen LogP) is 3.21. The van der Waals surface area contributed by atoms with Gasteiger partial charge in [0.2, 0.25) is 11.8 Å². The summed E-state index contributed by atoms with van der Waals surface area (Å²) in [4.78, 5) is 36.8. The van der Waals surface area contributed by atoms with E-state index in [1.54, 1.807) is 12.1 Å². The monoisotopic (exact) mass is 455 g/mol. The van der Waals surface area contributed by atoms with Crippen LogP contribution in [0.1, 0.15) is 12.0 Å². The standard InChI is InChI=1S/C20H17ClF3N3O4/c21-15-6-1-12(20(22,23)24)8-16(15)26-17(28)10-31-14-4-2-13(3-5-14)27-9-11(19(25)30)7-18(27)29/h1-6,8,11H,7,9-10H2,(H2,25,30)(H,26,28). The molecule has 1 saturated heterocycles. The third-order valence-electron chi connectivity index (χ3n) is 4.61. The maximum absolute atomic E-state index is 12.8. The SMILES string of the molecule is NC(=O)C1CC(=O)N(c2ccc(OCC(=O)Nc3cc(C(F)(F)F)ccc3Cl)cc2)C1. The smallest absolute Gasteiger partial charge is 0.416 e. The molecule has 0 radical (unpaired) electrons. The molecule has 0 saturated carbocycles. The van der Waals surface area contributed by atoms with E-state index in [0.29, 0.717) is 11.4 Å². The van der Waals surface area contributed by atoms with Crippen molar-refractivity contribution >= 4 is 40.7 Å². The first-order chi connectivity index (χ1) is 14.5. The number of hydrogen-bond acceptors (Lipinski definition) is 4. The molecule has 0 aliphatic carbocycles. The molecule has 3 N–H and O–H groups in total. The lowest BCUT2D eigenvalue weighted by Crippen LogP contribution is -2.28. The number of anilines is 2. The highest BCUT2D eigenvalue weighted by atomic mass is 35.5. The van der Waals surface area contributed by atoms with E-state index in [1.165, 1.54) is 17.0 Å². The van der Waals surface area contributed by atoms with E-state index in [1.807, 2.05) is 0 Å². The number of rotatable bonds is 6. The lowest BCUT2D eigenvalue weighted by Gasteiger charge is -2.17. The number of nitrogens with zero attached hydrogens (tertiary/aromatic N) is 1. The minimum absolute atomic E-state index is 0.0461. The van der Waals surface area contributed by atoms with Crippen LogP contribution >= 0.6 is 11.6 Å². The number of primary amides is 1. The van der Waals surface area contributed by atoms with Crippen LogP contribution in [0.3, 0.4) is 0 Å². The summed E-state index contributed by atoms with van der Waals surface area (Å²) < 4.78 is 43.8. The van der Waals surface area contributed by atoms with Gasteiger partial charge in [-0.15, -0.1) is 0 Å². The molecule has 0 bridgehead atoms. The molecule has 11 heteroatoms. The summed E-state index contributed by atoms with van der Waals surface area (Å²) in [5.74, 6) is -1.72. The van der Waals surface area contributed by atoms with Crippen LogP contribution in [0.5, 0.6) is 5.75 Å². The van der Waals surface area contributed by atoms with Crippen LogP contribution in [0.25, 0.3) is 0 Å². The summed E-state index contributed by atoms with van der Waals surface area (Å²) in [6.07, 6.45) is -4.53. The summed E-state index contributed by atoms with van der Waals surface area (Å²) in [5, 5.41) is 2.23. The second-order valence-electron chi connectivity index (χ2n) is 6.83. The van der Waals surface area contributed by atoms with Crippen LogP contribution < -0.4 is 20.7 Å². The number of halogens is 4. The van der Waals surface area contributed by atoms with Gasteiger partial charge in [0.15, 0.2) is 6.61 Å². The molecule has 3 amide bonds. The van der Waals surface area contributed by atoms with E-state index in [0.717, 1.165) is 18.2 Å². The second kappa shape index (κ2) is 8.84. The number of carbonyl (C=O) groups is 3. The quantitative estimate of drug-likeness (QED) is 0.698. The van der Waals surface area contributed by atoms with Crippen LogP contribution in [0.15, 0.2) is 42.5 Å². The Morgan fingerprint density at radius 3 is 2.45 bits per heavy atom. The lowest BCUT2D eigenvalue weighted by molar-refractivity contribution is -0.137. The zero-order valence-electron chi connectivity index (χ0n) is 15.9. The Morgan fingerprint density at radius 2 is 1.87 bits per heavy atom. The van der Waals surface area contributed by atoms with Gasteiger partial charge in [0.05, 0.1) is 22.2 Å². The average molecular weight is 456 g/mol. The van der Waals surface area contributed by atoms with Crippen LogP contribution in [0.4, 0.5) is 24.5 Å². The molecule has 7 nitrogen and oxygen atoms in total. The van der Waals surface area contributed by atoms with Gasteiger partial charge < -0.3 is 20.7 Å². The van der Waals surface area contributed by atoms with Crippen LogP contribution in [0, 0.1) is 5.92 Å². The van der Waals surface area contributed by atoms with Gasteiger partial charge in [-0.05, 0) is 42.5 Å². The molecular weight excluding hydrogens is 439 g/mol. The average Bonchev–Trinajstić information content (AvgIpc) is 3.09. The topological polar surface area (TPSA) is 102 Å². The third kappa shape index (κ3) is 5.46. The molecule has 1 unspecified atom stereocenters. The summed E-state index contributed by atoms with van der Waals surface area (Å²) in [6.45, 7) is -0.285. The highest BCUT2D eigenvalue weighted by Gasteiger charge is 2.34. The lowest BCUT2D eigenvalue weighted by atomic mass is 10.1. The first kappa shape index (κ1) is 22.4. The van der Waals surface area contributed by atoms with E-state index in [9.17, 15) is 27.6 Å². The van der Waals surface area contributed by atoms with Crippen molar-refractivity contribution in [2.24, 2.45) is 11.7 Å². The van der Waals surface area contributed by atoms with Gasteiger partial charge in [-0.25, -0.2) is 0 Å². The molecule has 0 aromatic heterocycles. The number of benzene rings is 2. The number of ether oxygens (including phenoxy) is 1. The zero-order valence-corrected chi connectivity index (χ0v) is 16.7. The molecule has 1 aliphatic heterocycles. The number of hydrogen-bond donors (Lipinski definition) is 2. The first-order valence-corrected chi connectivity index (χ1v) is 9.41. The van der Waals surface area contributed by atoms with Crippen molar-refractivity contribution in [2.45, 2.75) is 12.6 Å². The van der Waals surface area contributed by atoms with Crippen LogP contribution in [0.2, 0.25) is 5.02 Å². The maximum Gasteiger partial charge on any atom is 0.416 e. The second-order valence-corrected chi connectivity index (χ2v) is 7.24. The Labute approximate surface area is 179 Å². The Hall–Kier alpha value is -3.27. The molecule has 1 fully saturated rings. The molecule has 1 aliphatic rings. The summed E-state index contributed by atoms with van der Waals surface area (Å²) in [7, 11) is 0. The minimum Gasteiger partial charge on any atom is -0.484 e. The molecule has 164 valence electrons. The molecular formula is C20H17ClF3N3O4. The Balaban J connectivity index is 1.58. The van der Waals surface area contributed by atoms with Crippen molar-refractivity contribution in [3.63, 3.8) is 0 Å². The number of alkyl halides is 3. The van der Waals surface area contributed by atoms with E-state index in [2.05, 4.69) is 5.32 Å². The summed E-state index contributed by atoms with van der Waals surface area (Å²) >= 11 is 5.84. The highest BCUT2D eigenvalue weighted by Crippen LogP contribution is 2.34. The summed E-state index contributed by atoms with van der Waals surface area (Å²) in [6, 6.07) is 8.79. The van der Waals surface area contributed by atoms with Crippen molar-refractivity contribution in [1.29, 1.82) is 0 Å². The van der Waals surface area contributed by atoms with Crippen LogP contribution in [-0.4, -0.2) is 30.9 Å². The van der Waals surface area contributed by atoms with Crippen molar-refractivity contribution < 1.29 is 32.3 Å². The van der Waals surface area contributed by atoms with Gasteiger partial charge in [0, 0.05) is 18.7 Å². The molecule has 1 atom stereocenters. The zero-order chi connectivity index (χ0) is 22.8. The molecule has 3 rings (SSSR count). The van der Waals surface area contributed by atoms with Crippen molar-refractivity contribution in [3.8, 4) is 5.75 Å². The number of amides is 3. The number of carbonyl (C=O) groups excluding carboxylic acids is 3. The van der Waals surface area contributed by atoms with Crippen LogP contribution in [-0.2, 0) is 20.6 Å². The summed E-state index contributed by atoms with van der Waals surface area (Å²) in [5.41, 5.74) is 4.66. The molecule has 1 heterocycles. The third-order valence-corrected chi connectivity index (χ3v) is 4.94. The fraction of sp³-hybridized carbons (Fsp3) is 0.250. The Bertz CT molecular complexity index is 1010. The number of nitrogens with one attached hydrogen (secondary N) is 1. The Kier molecular flexibility index (Phi) is 6.40. The number of nitrogens with two attached hydrogens (primary N) is 1. The Morgan fingerprint density at radius 1 is 1.19 bits per heavy atom. The van der Waals surface area contributed by atoms with E-state index >= 15 is 0 Å².